The third kappa shape index (κ3) is 3.84. The average molecular weight is 302 g/mol. The monoisotopic (exact) mass is 301 g/mol. The number of aliphatic hydroxyl groups is 1. The van der Waals surface area contributed by atoms with Gasteiger partial charge < -0.3 is 5.11 Å². The summed E-state index contributed by atoms with van der Waals surface area (Å²) in [6.45, 7) is 2.83. The Balaban J connectivity index is 1.61. The molecule has 4 heteroatoms. The van der Waals surface area contributed by atoms with Crippen LogP contribution in [0.2, 0.25) is 0 Å². The lowest BCUT2D eigenvalue weighted by molar-refractivity contribution is 0.0105. The molecule has 0 aromatic rings. The van der Waals surface area contributed by atoms with Crippen LogP contribution in [0.5, 0.6) is 0 Å². The van der Waals surface area contributed by atoms with Crippen LogP contribution < -0.4 is 0 Å². The minimum atomic E-state index is 0.237. The first-order valence-corrected chi connectivity index (χ1v) is 10.1. The number of nitrogens with zero attached hydrogens (tertiary/aromatic N) is 1. The van der Waals surface area contributed by atoms with Crippen LogP contribution in [0.25, 0.3) is 0 Å². The highest BCUT2D eigenvalue weighted by molar-refractivity contribution is 8.03. The van der Waals surface area contributed by atoms with Crippen LogP contribution in [-0.4, -0.2) is 58.8 Å². The molecule has 1 aliphatic carbocycles. The number of aliphatic hydroxyl groups excluding tert-OH is 1. The van der Waals surface area contributed by atoms with Gasteiger partial charge in [0.1, 0.15) is 0 Å². The van der Waals surface area contributed by atoms with E-state index in [9.17, 15) is 5.11 Å². The number of rotatable bonds is 4. The Hall–Kier alpha value is 0.620. The van der Waals surface area contributed by atoms with E-state index in [1.165, 1.54) is 61.7 Å². The predicted octanol–water partition coefficient (Wildman–Crippen LogP) is 2.71. The lowest BCUT2D eigenvalue weighted by Crippen LogP contribution is -2.51. The Morgan fingerprint density at radius 3 is 2.53 bits per heavy atom. The van der Waals surface area contributed by atoms with Gasteiger partial charge in [-0.1, -0.05) is 12.8 Å². The SMILES string of the molecule is OC[C@@]1(CC2CC2)CCCN(C2CSCCSC2)C1. The van der Waals surface area contributed by atoms with Gasteiger partial charge in [-0.2, -0.15) is 23.5 Å². The van der Waals surface area contributed by atoms with Crippen molar-refractivity contribution in [1.82, 2.24) is 4.90 Å². The topological polar surface area (TPSA) is 23.5 Å². The van der Waals surface area contributed by atoms with E-state index in [1.54, 1.807) is 0 Å². The van der Waals surface area contributed by atoms with Crippen molar-refractivity contribution in [3.05, 3.63) is 0 Å². The molecule has 2 heterocycles. The summed E-state index contributed by atoms with van der Waals surface area (Å²) in [4.78, 5) is 2.72. The molecule has 0 unspecified atom stereocenters. The Bertz CT molecular complexity index is 290. The van der Waals surface area contributed by atoms with Gasteiger partial charge in [-0.25, -0.2) is 0 Å². The van der Waals surface area contributed by atoms with Crippen molar-refractivity contribution in [3.8, 4) is 0 Å². The minimum Gasteiger partial charge on any atom is -0.396 e. The van der Waals surface area contributed by atoms with E-state index in [-0.39, 0.29) is 5.41 Å². The molecule has 1 saturated carbocycles. The summed E-state index contributed by atoms with van der Waals surface area (Å²) in [5, 5.41) is 9.95. The molecule has 3 aliphatic rings. The van der Waals surface area contributed by atoms with Gasteiger partial charge in [-0.15, -0.1) is 0 Å². The first-order valence-electron chi connectivity index (χ1n) is 7.82. The van der Waals surface area contributed by atoms with Crippen molar-refractivity contribution in [2.75, 3.05) is 42.7 Å². The van der Waals surface area contributed by atoms with E-state index in [0.29, 0.717) is 6.61 Å². The molecule has 0 amide bonds. The van der Waals surface area contributed by atoms with Crippen LogP contribution in [0.1, 0.15) is 32.1 Å². The summed E-state index contributed by atoms with van der Waals surface area (Å²) in [5.41, 5.74) is 0.237. The zero-order valence-electron chi connectivity index (χ0n) is 11.9. The molecule has 2 saturated heterocycles. The first-order chi connectivity index (χ1) is 9.31. The highest BCUT2D eigenvalue weighted by Gasteiger charge is 2.41. The van der Waals surface area contributed by atoms with Crippen molar-refractivity contribution in [2.24, 2.45) is 11.3 Å². The van der Waals surface area contributed by atoms with E-state index in [4.69, 9.17) is 0 Å². The molecule has 0 aromatic heterocycles. The van der Waals surface area contributed by atoms with Gasteiger partial charge in [0.15, 0.2) is 0 Å². The summed E-state index contributed by atoms with van der Waals surface area (Å²) in [5.74, 6) is 6.19. The second-order valence-electron chi connectivity index (χ2n) is 6.68. The quantitative estimate of drug-likeness (QED) is 0.862. The Morgan fingerprint density at radius 2 is 1.89 bits per heavy atom. The highest BCUT2D eigenvalue weighted by atomic mass is 32.2. The van der Waals surface area contributed by atoms with Crippen LogP contribution >= 0.6 is 23.5 Å². The van der Waals surface area contributed by atoms with E-state index in [1.807, 2.05) is 0 Å². The lowest BCUT2D eigenvalue weighted by atomic mass is 9.76. The Morgan fingerprint density at radius 1 is 1.16 bits per heavy atom. The molecule has 19 heavy (non-hydrogen) atoms. The third-order valence-electron chi connectivity index (χ3n) is 4.95. The van der Waals surface area contributed by atoms with Gasteiger partial charge in [-0.3, -0.25) is 4.90 Å². The maximum atomic E-state index is 9.95. The van der Waals surface area contributed by atoms with Gasteiger partial charge in [0, 0.05) is 47.6 Å². The molecule has 110 valence electrons. The van der Waals surface area contributed by atoms with E-state index < -0.39 is 0 Å². The zero-order chi connectivity index (χ0) is 13.1. The summed E-state index contributed by atoms with van der Waals surface area (Å²) in [6, 6.07) is 0.753. The number of likely N-dealkylation sites (tertiary alicyclic amines) is 1. The number of hydrogen-bond acceptors (Lipinski definition) is 4. The maximum Gasteiger partial charge on any atom is 0.0499 e. The van der Waals surface area contributed by atoms with Crippen LogP contribution in [0.4, 0.5) is 0 Å². The van der Waals surface area contributed by atoms with E-state index in [2.05, 4.69) is 28.4 Å². The van der Waals surface area contributed by atoms with E-state index >= 15 is 0 Å². The van der Waals surface area contributed by atoms with Gasteiger partial charge in [0.25, 0.3) is 0 Å². The fourth-order valence-corrected chi connectivity index (χ4v) is 6.29. The molecule has 0 bridgehead atoms. The normalized spacial score (nSPS) is 35.2. The largest absolute Gasteiger partial charge is 0.396 e. The molecule has 0 spiro atoms. The number of piperidine rings is 1. The summed E-state index contributed by atoms with van der Waals surface area (Å²) in [6.07, 6.45) is 6.66. The fraction of sp³-hybridized carbons (Fsp3) is 1.00. The standard InChI is InChI=1S/C15H27NOS2/c17-12-15(8-13-2-3-13)4-1-5-16(11-15)14-9-18-6-7-19-10-14/h13-14,17H,1-12H2/t15-/m1/s1. The molecule has 2 nitrogen and oxygen atoms in total. The molecule has 2 aliphatic heterocycles. The Kier molecular flexibility index (Phi) is 5.05. The molecule has 3 fully saturated rings. The van der Waals surface area contributed by atoms with Crippen molar-refractivity contribution in [3.63, 3.8) is 0 Å². The fourth-order valence-electron chi connectivity index (χ4n) is 3.67. The van der Waals surface area contributed by atoms with Gasteiger partial charge in [-0.05, 0) is 31.7 Å². The molecule has 3 rings (SSSR count). The summed E-state index contributed by atoms with van der Waals surface area (Å²) < 4.78 is 0. The van der Waals surface area contributed by atoms with Gasteiger partial charge in [0.2, 0.25) is 0 Å². The molecule has 1 atom stereocenters. The lowest BCUT2D eigenvalue weighted by Gasteiger charge is -2.45. The molecule has 1 N–H and O–H groups in total. The highest BCUT2D eigenvalue weighted by Crippen LogP contribution is 2.45. The van der Waals surface area contributed by atoms with Crippen LogP contribution in [0.15, 0.2) is 0 Å². The van der Waals surface area contributed by atoms with Crippen LogP contribution in [0, 0.1) is 11.3 Å². The second kappa shape index (κ2) is 6.59. The van der Waals surface area contributed by atoms with Crippen molar-refractivity contribution < 1.29 is 5.11 Å². The van der Waals surface area contributed by atoms with Gasteiger partial charge in [0.05, 0.1) is 0 Å². The van der Waals surface area contributed by atoms with E-state index in [0.717, 1.165) is 18.5 Å². The van der Waals surface area contributed by atoms with Crippen molar-refractivity contribution in [1.29, 1.82) is 0 Å². The smallest absolute Gasteiger partial charge is 0.0499 e. The molecule has 0 radical (unpaired) electrons. The minimum absolute atomic E-state index is 0.237. The zero-order valence-corrected chi connectivity index (χ0v) is 13.5. The van der Waals surface area contributed by atoms with Crippen LogP contribution in [-0.2, 0) is 0 Å². The van der Waals surface area contributed by atoms with Gasteiger partial charge >= 0.3 is 0 Å². The van der Waals surface area contributed by atoms with Crippen molar-refractivity contribution >= 4 is 23.5 Å². The van der Waals surface area contributed by atoms with Crippen LogP contribution in [0.3, 0.4) is 0 Å². The third-order valence-corrected chi connectivity index (χ3v) is 7.44. The molecular weight excluding hydrogens is 274 g/mol. The number of hydrogen-bond donors (Lipinski definition) is 1. The summed E-state index contributed by atoms with van der Waals surface area (Å²) in [7, 11) is 0. The summed E-state index contributed by atoms with van der Waals surface area (Å²) >= 11 is 4.25. The Labute approximate surface area is 126 Å². The average Bonchev–Trinajstić information content (AvgIpc) is 3.25. The number of thioether (sulfide) groups is 2. The van der Waals surface area contributed by atoms with Crippen molar-refractivity contribution in [2.45, 2.75) is 38.1 Å². The first kappa shape index (κ1) is 14.6. The molecule has 0 aromatic carbocycles. The molecular formula is C15H27NOS2. The second-order valence-corrected chi connectivity index (χ2v) is 8.98. The predicted molar refractivity (Wildman–Crippen MR) is 86.1 cm³/mol. The maximum absolute atomic E-state index is 9.95.